The molecular formula is C21H29F2N3O4. The topological polar surface area (TPSA) is 99.5 Å². The van der Waals surface area contributed by atoms with Crippen LogP contribution < -0.4 is 5.32 Å². The number of hydrogen-bond donors (Lipinski definition) is 1. The maximum absolute atomic E-state index is 13.6. The van der Waals surface area contributed by atoms with Gasteiger partial charge in [-0.05, 0) is 51.4 Å². The highest BCUT2D eigenvalue weighted by atomic mass is 19.3. The van der Waals surface area contributed by atoms with Crippen LogP contribution >= 0.6 is 0 Å². The summed E-state index contributed by atoms with van der Waals surface area (Å²) in [6, 6.07) is 0.207. The van der Waals surface area contributed by atoms with Gasteiger partial charge in [0.15, 0.2) is 5.78 Å². The van der Waals surface area contributed by atoms with E-state index in [4.69, 9.17) is 4.74 Å². The van der Waals surface area contributed by atoms with E-state index in [-0.39, 0.29) is 23.7 Å². The Morgan fingerprint density at radius 1 is 1.27 bits per heavy atom. The van der Waals surface area contributed by atoms with Crippen molar-refractivity contribution in [2.75, 3.05) is 19.7 Å². The van der Waals surface area contributed by atoms with Gasteiger partial charge in [-0.1, -0.05) is 0 Å². The van der Waals surface area contributed by atoms with Gasteiger partial charge in [-0.3, -0.25) is 9.59 Å². The molecule has 3 aliphatic rings. The van der Waals surface area contributed by atoms with Crippen LogP contribution in [-0.2, 0) is 14.3 Å². The monoisotopic (exact) mass is 425 g/mol. The van der Waals surface area contributed by atoms with Crippen LogP contribution in [0.3, 0.4) is 0 Å². The van der Waals surface area contributed by atoms with Gasteiger partial charge in [0.1, 0.15) is 0 Å². The molecule has 1 heterocycles. The van der Waals surface area contributed by atoms with E-state index in [0.717, 1.165) is 6.42 Å². The van der Waals surface area contributed by atoms with Crippen LogP contribution in [0.15, 0.2) is 0 Å². The highest BCUT2D eigenvalue weighted by Gasteiger charge is 2.59. The summed E-state index contributed by atoms with van der Waals surface area (Å²) >= 11 is 0. The van der Waals surface area contributed by atoms with E-state index in [0.29, 0.717) is 52.3 Å². The number of nitriles is 1. The average molecular weight is 425 g/mol. The predicted molar refractivity (Wildman–Crippen MR) is 102 cm³/mol. The number of amides is 2. The van der Waals surface area contributed by atoms with Crippen LogP contribution in [-0.4, -0.2) is 54.3 Å². The molecule has 2 atom stereocenters. The highest BCUT2D eigenvalue weighted by Crippen LogP contribution is 2.59. The fourth-order valence-electron chi connectivity index (χ4n) is 4.41. The molecular weight excluding hydrogens is 396 g/mol. The molecule has 0 radical (unpaired) electrons. The Hall–Kier alpha value is -2.24. The molecule has 1 aliphatic heterocycles. The number of hydrogen-bond acceptors (Lipinski definition) is 5. The maximum atomic E-state index is 13.6. The first-order chi connectivity index (χ1) is 14.0. The standard InChI is InChI=1S/C21H29F2N3O4/c1-3-30-17(28)14-10-21(14)6-8-26(9-7-21)18(29)25-15(11-19(2,22)23)16(27)12-20(13-24)4-5-20/h14-15H,3-12H2,1-2H3,(H,25,29)/t14?,15-/m0/s1. The Morgan fingerprint density at radius 2 is 1.90 bits per heavy atom. The number of rotatable bonds is 8. The minimum Gasteiger partial charge on any atom is -0.466 e. The molecule has 1 saturated heterocycles. The van der Waals surface area contributed by atoms with Crippen molar-refractivity contribution in [2.24, 2.45) is 16.7 Å². The molecule has 1 spiro atoms. The lowest BCUT2D eigenvalue weighted by Gasteiger charge is -2.34. The van der Waals surface area contributed by atoms with Crippen LogP contribution in [0.2, 0.25) is 0 Å². The molecule has 0 bridgehead atoms. The number of ketones is 1. The predicted octanol–water partition coefficient (Wildman–Crippen LogP) is 3.04. The summed E-state index contributed by atoms with van der Waals surface area (Å²) < 4.78 is 32.3. The van der Waals surface area contributed by atoms with Gasteiger partial charge in [0, 0.05) is 25.9 Å². The smallest absolute Gasteiger partial charge is 0.317 e. The number of carbonyl (C=O) groups excluding carboxylic acids is 3. The molecule has 3 rings (SSSR count). The van der Waals surface area contributed by atoms with Gasteiger partial charge < -0.3 is 15.0 Å². The number of nitrogens with zero attached hydrogens (tertiary/aromatic N) is 2. The molecule has 1 N–H and O–H groups in total. The number of likely N-dealkylation sites (tertiary alicyclic amines) is 1. The average Bonchev–Trinajstić information content (AvgIpc) is 3.58. The van der Waals surface area contributed by atoms with Crippen molar-refractivity contribution >= 4 is 17.8 Å². The summed E-state index contributed by atoms with van der Waals surface area (Å²) in [5.74, 6) is -3.97. The van der Waals surface area contributed by atoms with Crippen molar-refractivity contribution in [3.63, 3.8) is 0 Å². The SMILES string of the molecule is CCOC(=O)C1CC12CCN(C(=O)N[C@@H](CC(C)(F)F)C(=O)CC1(C#N)CC1)CC2. The third-order valence-corrected chi connectivity index (χ3v) is 6.66. The molecule has 0 aromatic carbocycles. The molecule has 7 nitrogen and oxygen atoms in total. The number of nitrogens with one attached hydrogen (secondary N) is 1. The summed E-state index contributed by atoms with van der Waals surface area (Å²) in [6.07, 6.45) is 2.29. The first kappa shape index (κ1) is 22.4. The second-order valence-electron chi connectivity index (χ2n) is 9.17. The van der Waals surface area contributed by atoms with Crippen molar-refractivity contribution in [3.8, 4) is 6.07 Å². The fraction of sp³-hybridized carbons (Fsp3) is 0.810. The molecule has 9 heteroatoms. The zero-order chi connectivity index (χ0) is 22.2. The number of alkyl halides is 2. The molecule has 166 valence electrons. The first-order valence-electron chi connectivity index (χ1n) is 10.6. The van der Waals surface area contributed by atoms with E-state index in [1.54, 1.807) is 6.92 Å². The van der Waals surface area contributed by atoms with E-state index in [1.165, 1.54) is 4.90 Å². The molecule has 0 aromatic heterocycles. The van der Waals surface area contributed by atoms with Crippen molar-refractivity contribution in [1.29, 1.82) is 5.26 Å². The van der Waals surface area contributed by atoms with Crippen LogP contribution in [0.4, 0.5) is 13.6 Å². The second-order valence-corrected chi connectivity index (χ2v) is 9.17. The lowest BCUT2D eigenvalue weighted by atomic mass is 9.91. The van der Waals surface area contributed by atoms with Crippen LogP contribution in [0.1, 0.15) is 58.8 Å². The number of Topliss-reactive ketones (excluding diaryl/α,β-unsaturated/α-hetero) is 1. The molecule has 3 fully saturated rings. The Labute approximate surface area is 175 Å². The summed E-state index contributed by atoms with van der Waals surface area (Å²) in [4.78, 5) is 38.7. The minimum absolute atomic E-state index is 0.116. The fourth-order valence-corrected chi connectivity index (χ4v) is 4.41. The van der Waals surface area contributed by atoms with Gasteiger partial charge in [-0.2, -0.15) is 5.26 Å². The van der Waals surface area contributed by atoms with E-state index < -0.39 is 35.6 Å². The van der Waals surface area contributed by atoms with Crippen molar-refractivity contribution in [2.45, 2.75) is 70.8 Å². The summed E-state index contributed by atoms with van der Waals surface area (Å²) in [5, 5.41) is 11.7. The Morgan fingerprint density at radius 3 is 2.40 bits per heavy atom. The molecule has 2 amide bonds. The van der Waals surface area contributed by atoms with Crippen LogP contribution in [0, 0.1) is 28.1 Å². The third kappa shape index (κ3) is 5.08. The number of urea groups is 1. The Kier molecular flexibility index (Phi) is 6.08. The van der Waals surface area contributed by atoms with Crippen molar-refractivity contribution in [1.82, 2.24) is 10.2 Å². The molecule has 2 aliphatic carbocycles. The molecule has 2 saturated carbocycles. The molecule has 0 aromatic rings. The zero-order valence-corrected chi connectivity index (χ0v) is 17.5. The van der Waals surface area contributed by atoms with Gasteiger partial charge in [-0.15, -0.1) is 0 Å². The molecule has 1 unspecified atom stereocenters. The maximum Gasteiger partial charge on any atom is 0.317 e. The van der Waals surface area contributed by atoms with Gasteiger partial charge in [0.25, 0.3) is 0 Å². The lowest BCUT2D eigenvalue weighted by Crippen LogP contribution is -2.52. The quantitative estimate of drug-likeness (QED) is 0.603. The van der Waals surface area contributed by atoms with Crippen LogP contribution in [0.5, 0.6) is 0 Å². The van der Waals surface area contributed by atoms with E-state index in [1.807, 2.05) is 0 Å². The normalized spacial score (nSPS) is 24.5. The number of ether oxygens (including phenoxy) is 1. The lowest BCUT2D eigenvalue weighted by molar-refractivity contribution is -0.145. The Balaban J connectivity index is 1.55. The highest BCUT2D eigenvalue weighted by molar-refractivity contribution is 5.89. The van der Waals surface area contributed by atoms with Gasteiger partial charge in [-0.25, -0.2) is 13.6 Å². The van der Waals surface area contributed by atoms with Crippen LogP contribution in [0.25, 0.3) is 0 Å². The van der Waals surface area contributed by atoms with Crippen molar-refractivity contribution in [3.05, 3.63) is 0 Å². The molecule has 30 heavy (non-hydrogen) atoms. The van der Waals surface area contributed by atoms with E-state index in [9.17, 15) is 28.4 Å². The van der Waals surface area contributed by atoms with E-state index in [2.05, 4.69) is 11.4 Å². The number of esters is 1. The second kappa shape index (κ2) is 8.12. The number of carbonyl (C=O) groups is 3. The summed E-state index contributed by atoms with van der Waals surface area (Å²) in [7, 11) is 0. The van der Waals surface area contributed by atoms with Gasteiger partial charge in [0.05, 0.1) is 30.1 Å². The van der Waals surface area contributed by atoms with Gasteiger partial charge >= 0.3 is 12.0 Å². The van der Waals surface area contributed by atoms with Gasteiger partial charge in [0.2, 0.25) is 5.92 Å². The largest absolute Gasteiger partial charge is 0.466 e. The minimum atomic E-state index is -3.12. The van der Waals surface area contributed by atoms with Crippen molar-refractivity contribution < 1.29 is 27.9 Å². The summed E-state index contributed by atoms with van der Waals surface area (Å²) in [6.45, 7) is 3.61. The zero-order valence-electron chi connectivity index (χ0n) is 17.5. The third-order valence-electron chi connectivity index (χ3n) is 6.66. The van der Waals surface area contributed by atoms with E-state index >= 15 is 0 Å². The number of halogens is 2. The first-order valence-corrected chi connectivity index (χ1v) is 10.6. The Bertz CT molecular complexity index is 746. The summed E-state index contributed by atoms with van der Waals surface area (Å²) in [5.41, 5.74) is -0.880. The number of piperidine rings is 1.